The number of hydrogen-bond donors (Lipinski definition) is 0. The van der Waals surface area contributed by atoms with Crippen molar-refractivity contribution in [1.29, 1.82) is 0 Å². The lowest BCUT2D eigenvalue weighted by atomic mass is 9.85. The molecule has 0 aliphatic carbocycles. The van der Waals surface area contributed by atoms with Gasteiger partial charge >= 0.3 is 5.97 Å². The quantitative estimate of drug-likeness (QED) is 0.775. The van der Waals surface area contributed by atoms with Gasteiger partial charge in [-0.1, -0.05) is 0 Å². The molecule has 0 bridgehead atoms. The van der Waals surface area contributed by atoms with Gasteiger partial charge in [-0.25, -0.2) is 4.79 Å². The lowest BCUT2D eigenvalue weighted by Gasteiger charge is -2.36. The molecule has 0 fully saturated rings. The van der Waals surface area contributed by atoms with E-state index >= 15 is 0 Å². The third kappa shape index (κ3) is 2.19. The lowest BCUT2D eigenvalue weighted by Crippen LogP contribution is -2.46. The highest BCUT2D eigenvalue weighted by molar-refractivity contribution is 5.80. The van der Waals surface area contributed by atoms with E-state index in [9.17, 15) is 4.79 Å². The van der Waals surface area contributed by atoms with Crippen LogP contribution in [-0.2, 0) is 16.0 Å². The van der Waals surface area contributed by atoms with Crippen molar-refractivity contribution in [2.45, 2.75) is 60.0 Å². The fraction of sp³-hybridized carbons (Fsp3) is 0.588. The number of hydrogen-bond acceptors (Lipinski definition) is 3. The third-order valence-electron chi connectivity index (χ3n) is 4.64. The van der Waals surface area contributed by atoms with Gasteiger partial charge in [0.2, 0.25) is 5.60 Å². The van der Waals surface area contributed by atoms with E-state index in [2.05, 4.69) is 27.7 Å². The van der Waals surface area contributed by atoms with Crippen LogP contribution in [-0.4, -0.2) is 18.2 Å². The van der Waals surface area contributed by atoms with E-state index < -0.39 is 5.60 Å². The first-order chi connectivity index (χ1) is 9.31. The highest BCUT2D eigenvalue weighted by Gasteiger charge is 2.41. The zero-order valence-electron chi connectivity index (χ0n) is 13.3. The second-order valence-corrected chi connectivity index (χ2v) is 5.86. The zero-order chi connectivity index (χ0) is 15.1. The van der Waals surface area contributed by atoms with Crippen molar-refractivity contribution in [2.75, 3.05) is 6.61 Å². The Balaban J connectivity index is 2.47. The highest BCUT2D eigenvalue weighted by Crippen LogP contribution is 2.41. The number of benzene rings is 1. The van der Waals surface area contributed by atoms with Crippen LogP contribution >= 0.6 is 0 Å². The van der Waals surface area contributed by atoms with Crippen LogP contribution in [0.5, 0.6) is 5.75 Å². The number of ether oxygens (including phenoxy) is 2. The summed E-state index contributed by atoms with van der Waals surface area (Å²) in [6, 6.07) is 0. The second kappa shape index (κ2) is 5.12. The van der Waals surface area contributed by atoms with Gasteiger partial charge in [-0.3, -0.25) is 0 Å². The average molecular weight is 276 g/mol. The third-order valence-corrected chi connectivity index (χ3v) is 4.64. The molecule has 20 heavy (non-hydrogen) atoms. The Bertz CT molecular complexity index is 560. The summed E-state index contributed by atoms with van der Waals surface area (Å²) in [5.41, 5.74) is 5.38. The Labute approximate surface area is 121 Å². The molecule has 1 aromatic rings. The Morgan fingerprint density at radius 2 is 1.75 bits per heavy atom. The summed E-state index contributed by atoms with van der Waals surface area (Å²) in [4.78, 5) is 12.1. The van der Waals surface area contributed by atoms with Crippen LogP contribution in [0.4, 0.5) is 0 Å². The highest BCUT2D eigenvalue weighted by atomic mass is 16.6. The molecule has 0 spiro atoms. The van der Waals surface area contributed by atoms with E-state index in [4.69, 9.17) is 9.47 Å². The van der Waals surface area contributed by atoms with Gasteiger partial charge in [0, 0.05) is 6.42 Å². The van der Waals surface area contributed by atoms with Gasteiger partial charge in [0.15, 0.2) is 0 Å². The molecule has 3 heteroatoms. The van der Waals surface area contributed by atoms with Gasteiger partial charge in [0.1, 0.15) is 5.75 Å². The van der Waals surface area contributed by atoms with Crippen molar-refractivity contribution in [3.05, 3.63) is 27.8 Å². The smallest absolute Gasteiger partial charge is 0.350 e. The van der Waals surface area contributed by atoms with Gasteiger partial charge in [-0.05, 0) is 75.8 Å². The molecule has 0 unspecified atom stereocenters. The summed E-state index contributed by atoms with van der Waals surface area (Å²) in [5, 5.41) is 0. The Hall–Kier alpha value is -1.51. The average Bonchev–Trinajstić information content (AvgIpc) is 2.43. The molecule has 110 valence electrons. The molecule has 0 radical (unpaired) electrons. The summed E-state index contributed by atoms with van der Waals surface area (Å²) >= 11 is 0. The van der Waals surface area contributed by atoms with Crippen molar-refractivity contribution in [2.24, 2.45) is 0 Å². The van der Waals surface area contributed by atoms with Crippen molar-refractivity contribution in [3.63, 3.8) is 0 Å². The van der Waals surface area contributed by atoms with E-state index in [1.807, 2.05) is 13.8 Å². The Kier molecular flexibility index (Phi) is 3.81. The molecule has 2 rings (SSSR count). The molecule has 0 N–H and O–H groups in total. The Morgan fingerprint density at radius 3 is 2.35 bits per heavy atom. The molecule has 1 aromatic carbocycles. The van der Waals surface area contributed by atoms with Gasteiger partial charge in [0.25, 0.3) is 0 Å². The number of carbonyl (C=O) groups is 1. The Morgan fingerprint density at radius 1 is 1.15 bits per heavy atom. The van der Waals surface area contributed by atoms with Crippen LogP contribution in [0, 0.1) is 27.7 Å². The summed E-state index contributed by atoms with van der Waals surface area (Å²) in [7, 11) is 0. The molecule has 1 heterocycles. The van der Waals surface area contributed by atoms with Crippen molar-refractivity contribution >= 4 is 5.97 Å². The van der Waals surface area contributed by atoms with Gasteiger partial charge < -0.3 is 9.47 Å². The first-order valence-electron chi connectivity index (χ1n) is 7.27. The predicted molar refractivity (Wildman–Crippen MR) is 79.4 cm³/mol. The molecule has 0 saturated carbocycles. The van der Waals surface area contributed by atoms with Gasteiger partial charge in [0.05, 0.1) is 6.61 Å². The van der Waals surface area contributed by atoms with Crippen molar-refractivity contribution in [3.8, 4) is 5.75 Å². The summed E-state index contributed by atoms with van der Waals surface area (Å²) in [6.45, 7) is 12.5. The summed E-state index contributed by atoms with van der Waals surface area (Å²) < 4.78 is 11.3. The monoisotopic (exact) mass is 276 g/mol. The number of fused-ring (bicyclic) bond motifs is 1. The molecular formula is C17H24O3. The van der Waals surface area contributed by atoms with Crippen LogP contribution in [0.1, 0.15) is 48.1 Å². The van der Waals surface area contributed by atoms with Crippen LogP contribution in [0.3, 0.4) is 0 Å². The zero-order valence-corrected chi connectivity index (χ0v) is 13.3. The van der Waals surface area contributed by atoms with E-state index in [0.717, 1.165) is 17.7 Å². The predicted octanol–water partition coefficient (Wildman–Crippen LogP) is 3.57. The maximum Gasteiger partial charge on any atom is 0.350 e. The SMILES string of the molecule is CCOC(=O)[C@]1(C)CCc2c(C)c(C)c(C)c(C)c2O1. The minimum atomic E-state index is -0.859. The standard InChI is InChI=1S/C17H24O3/c1-7-19-16(18)17(6)9-8-14-12(4)10(2)11(3)13(5)15(14)20-17/h7-9H2,1-6H3/t17-/m0/s1. The first-order valence-corrected chi connectivity index (χ1v) is 7.27. The molecular weight excluding hydrogens is 252 g/mol. The first kappa shape index (κ1) is 14.9. The molecule has 3 nitrogen and oxygen atoms in total. The van der Waals surface area contributed by atoms with E-state index in [1.54, 1.807) is 0 Å². The largest absolute Gasteiger partial charge is 0.475 e. The molecule has 1 atom stereocenters. The molecule has 1 aliphatic heterocycles. The van der Waals surface area contributed by atoms with Crippen LogP contribution in [0.2, 0.25) is 0 Å². The normalized spacial score (nSPS) is 21.1. The van der Waals surface area contributed by atoms with E-state index in [0.29, 0.717) is 13.0 Å². The van der Waals surface area contributed by atoms with Gasteiger partial charge in [-0.15, -0.1) is 0 Å². The molecule has 0 aromatic heterocycles. The van der Waals surface area contributed by atoms with E-state index in [-0.39, 0.29) is 5.97 Å². The van der Waals surface area contributed by atoms with Gasteiger partial charge in [-0.2, -0.15) is 0 Å². The minimum absolute atomic E-state index is 0.263. The molecule has 0 saturated heterocycles. The van der Waals surface area contributed by atoms with Crippen LogP contribution in [0.15, 0.2) is 0 Å². The topological polar surface area (TPSA) is 35.5 Å². The fourth-order valence-electron chi connectivity index (χ4n) is 2.86. The summed E-state index contributed by atoms with van der Waals surface area (Å²) in [5.74, 6) is 0.619. The van der Waals surface area contributed by atoms with E-state index in [1.165, 1.54) is 22.3 Å². The fourth-order valence-corrected chi connectivity index (χ4v) is 2.86. The lowest BCUT2D eigenvalue weighted by molar-refractivity contribution is -0.161. The summed E-state index contributed by atoms with van der Waals surface area (Å²) in [6.07, 6.45) is 1.53. The maximum atomic E-state index is 12.1. The molecule has 0 amide bonds. The van der Waals surface area contributed by atoms with Crippen molar-refractivity contribution in [1.82, 2.24) is 0 Å². The number of carbonyl (C=O) groups excluding carboxylic acids is 1. The minimum Gasteiger partial charge on any atom is -0.475 e. The second-order valence-electron chi connectivity index (χ2n) is 5.86. The van der Waals surface area contributed by atoms with Crippen molar-refractivity contribution < 1.29 is 14.3 Å². The number of esters is 1. The van der Waals surface area contributed by atoms with Crippen LogP contribution < -0.4 is 4.74 Å². The maximum absolute atomic E-state index is 12.1. The number of rotatable bonds is 2. The van der Waals surface area contributed by atoms with Crippen LogP contribution in [0.25, 0.3) is 0 Å². The molecule has 1 aliphatic rings.